The fourth-order valence-electron chi connectivity index (χ4n) is 1.65. The van der Waals surface area contributed by atoms with Gasteiger partial charge in [-0.2, -0.15) is 0 Å². The minimum Gasteiger partial charge on any atom is -0.469 e. The molecule has 0 radical (unpaired) electrons. The van der Waals surface area contributed by atoms with E-state index in [1.165, 1.54) is 13.2 Å². The summed E-state index contributed by atoms with van der Waals surface area (Å²) in [4.78, 5) is 11.1. The number of hydrogen-bond donors (Lipinski definition) is 0. The molecule has 100 valence electrons. The molecule has 0 aliphatic rings. The van der Waals surface area contributed by atoms with Crippen molar-refractivity contribution in [2.75, 3.05) is 7.11 Å². The van der Waals surface area contributed by atoms with E-state index in [1.807, 2.05) is 0 Å². The SMILES string of the molecule is COC(=O)CCc1cnoc1-c1ccc(F)c(Br)c1. The maximum absolute atomic E-state index is 13.2. The maximum atomic E-state index is 13.2. The first-order valence-corrected chi connectivity index (χ1v) is 6.37. The molecule has 1 aromatic heterocycles. The molecule has 0 fully saturated rings. The summed E-state index contributed by atoms with van der Waals surface area (Å²) in [6.45, 7) is 0. The number of esters is 1. The largest absolute Gasteiger partial charge is 0.469 e. The molecule has 4 nitrogen and oxygen atoms in total. The van der Waals surface area contributed by atoms with Gasteiger partial charge in [-0.1, -0.05) is 5.16 Å². The van der Waals surface area contributed by atoms with Crippen molar-refractivity contribution in [1.29, 1.82) is 0 Å². The van der Waals surface area contributed by atoms with Crippen molar-refractivity contribution in [2.24, 2.45) is 0 Å². The summed E-state index contributed by atoms with van der Waals surface area (Å²) in [6.07, 6.45) is 2.25. The van der Waals surface area contributed by atoms with Crippen LogP contribution in [0.25, 0.3) is 11.3 Å². The second-order valence-electron chi connectivity index (χ2n) is 3.89. The van der Waals surface area contributed by atoms with Crippen LogP contribution < -0.4 is 0 Å². The van der Waals surface area contributed by atoms with Crippen LogP contribution in [0.4, 0.5) is 4.39 Å². The third-order valence-corrected chi connectivity index (χ3v) is 3.26. The second-order valence-corrected chi connectivity index (χ2v) is 4.74. The predicted octanol–water partition coefficient (Wildman–Crippen LogP) is 3.35. The Morgan fingerprint density at radius 3 is 3.00 bits per heavy atom. The highest BCUT2D eigenvalue weighted by Gasteiger charge is 2.13. The Hall–Kier alpha value is -1.69. The molecule has 0 aliphatic carbocycles. The quantitative estimate of drug-likeness (QED) is 0.808. The molecule has 0 unspecified atom stereocenters. The van der Waals surface area contributed by atoms with Gasteiger partial charge in [-0.05, 0) is 40.5 Å². The van der Waals surface area contributed by atoms with Crippen molar-refractivity contribution in [3.63, 3.8) is 0 Å². The van der Waals surface area contributed by atoms with Gasteiger partial charge in [0.25, 0.3) is 0 Å². The van der Waals surface area contributed by atoms with Gasteiger partial charge < -0.3 is 9.26 Å². The van der Waals surface area contributed by atoms with Crippen LogP contribution in [-0.4, -0.2) is 18.2 Å². The highest BCUT2D eigenvalue weighted by atomic mass is 79.9. The second kappa shape index (κ2) is 5.97. The molecule has 19 heavy (non-hydrogen) atoms. The van der Waals surface area contributed by atoms with Crippen LogP contribution in [0.5, 0.6) is 0 Å². The van der Waals surface area contributed by atoms with Gasteiger partial charge in [0.15, 0.2) is 5.76 Å². The molecule has 2 aromatic rings. The summed E-state index contributed by atoms with van der Waals surface area (Å²) >= 11 is 3.12. The van der Waals surface area contributed by atoms with Gasteiger partial charge in [-0.15, -0.1) is 0 Å². The average molecular weight is 328 g/mol. The van der Waals surface area contributed by atoms with Crippen molar-refractivity contribution >= 4 is 21.9 Å². The van der Waals surface area contributed by atoms with Crippen molar-refractivity contribution in [3.05, 3.63) is 40.2 Å². The van der Waals surface area contributed by atoms with Crippen LogP contribution in [-0.2, 0) is 16.0 Å². The van der Waals surface area contributed by atoms with E-state index >= 15 is 0 Å². The Morgan fingerprint density at radius 1 is 1.53 bits per heavy atom. The van der Waals surface area contributed by atoms with E-state index in [2.05, 4.69) is 25.8 Å². The fourth-order valence-corrected chi connectivity index (χ4v) is 2.03. The van der Waals surface area contributed by atoms with E-state index in [1.54, 1.807) is 18.3 Å². The summed E-state index contributed by atoms with van der Waals surface area (Å²) < 4.78 is 23.3. The number of ether oxygens (including phenoxy) is 1. The molecular weight excluding hydrogens is 317 g/mol. The molecule has 6 heteroatoms. The number of aryl methyl sites for hydroxylation is 1. The Labute approximate surface area is 117 Å². The zero-order valence-corrected chi connectivity index (χ0v) is 11.7. The van der Waals surface area contributed by atoms with Gasteiger partial charge in [0.1, 0.15) is 5.82 Å². The van der Waals surface area contributed by atoms with Gasteiger partial charge in [-0.3, -0.25) is 4.79 Å². The number of carbonyl (C=O) groups is 1. The number of nitrogens with zero attached hydrogens (tertiary/aromatic N) is 1. The lowest BCUT2D eigenvalue weighted by molar-refractivity contribution is -0.140. The van der Waals surface area contributed by atoms with Crippen LogP contribution >= 0.6 is 15.9 Å². The van der Waals surface area contributed by atoms with E-state index in [-0.39, 0.29) is 18.2 Å². The molecule has 0 spiro atoms. The lowest BCUT2D eigenvalue weighted by Crippen LogP contribution is -2.01. The monoisotopic (exact) mass is 327 g/mol. The molecule has 1 heterocycles. The van der Waals surface area contributed by atoms with Crippen molar-refractivity contribution in [1.82, 2.24) is 5.16 Å². The molecule has 2 rings (SSSR count). The smallest absolute Gasteiger partial charge is 0.305 e. The fraction of sp³-hybridized carbons (Fsp3) is 0.231. The zero-order chi connectivity index (χ0) is 13.8. The van der Waals surface area contributed by atoms with Gasteiger partial charge in [-0.25, -0.2) is 4.39 Å². The van der Waals surface area contributed by atoms with E-state index < -0.39 is 0 Å². The minimum atomic E-state index is -0.348. The van der Waals surface area contributed by atoms with Crippen LogP contribution in [0.3, 0.4) is 0 Å². The van der Waals surface area contributed by atoms with Crippen LogP contribution in [0.15, 0.2) is 33.4 Å². The number of benzene rings is 1. The van der Waals surface area contributed by atoms with E-state index in [0.717, 1.165) is 5.56 Å². The van der Waals surface area contributed by atoms with Gasteiger partial charge in [0, 0.05) is 17.5 Å². The summed E-state index contributed by atoms with van der Waals surface area (Å²) in [6, 6.07) is 4.55. The molecule has 1 aromatic carbocycles. The molecule has 0 atom stereocenters. The first kappa shape index (κ1) is 13.7. The highest BCUT2D eigenvalue weighted by molar-refractivity contribution is 9.10. The molecule has 0 saturated carbocycles. The molecule has 0 saturated heterocycles. The zero-order valence-electron chi connectivity index (χ0n) is 10.2. The third-order valence-electron chi connectivity index (χ3n) is 2.65. The van der Waals surface area contributed by atoms with E-state index in [0.29, 0.717) is 22.2 Å². The summed E-state index contributed by atoms with van der Waals surface area (Å²) in [5.74, 6) is -0.114. The number of methoxy groups -OCH3 is 1. The number of aromatic nitrogens is 1. The lowest BCUT2D eigenvalue weighted by atomic mass is 10.1. The Morgan fingerprint density at radius 2 is 2.32 bits per heavy atom. The number of carbonyl (C=O) groups excluding carboxylic acids is 1. The lowest BCUT2D eigenvalue weighted by Gasteiger charge is -2.02. The molecule has 0 amide bonds. The van der Waals surface area contributed by atoms with Crippen LogP contribution in [0, 0.1) is 5.82 Å². The predicted molar refractivity (Wildman–Crippen MR) is 69.9 cm³/mol. The number of hydrogen-bond acceptors (Lipinski definition) is 4. The Kier molecular flexibility index (Phi) is 4.31. The number of rotatable bonds is 4. The van der Waals surface area contributed by atoms with Crippen LogP contribution in [0.2, 0.25) is 0 Å². The molecule has 0 N–H and O–H groups in total. The third kappa shape index (κ3) is 3.20. The van der Waals surface area contributed by atoms with E-state index in [9.17, 15) is 9.18 Å². The Bertz CT molecular complexity index is 597. The van der Waals surface area contributed by atoms with Gasteiger partial charge in [0.2, 0.25) is 0 Å². The standard InChI is InChI=1S/C13H11BrFNO3/c1-18-12(17)5-3-9-7-16-19-13(9)8-2-4-11(15)10(14)6-8/h2,4,6-7H,3,5H2,1H3. The summed E-state index contributed by atoms with van der Waals surface area (Å²) in [5, 5.41) is 3.72. The van der Waals surface area contributed by atoms with Crippen LogP contribution in [0.1, 0.15) is 12.0 Å². The summed E-state index contributed by atoms with van der Waals surface area (Å²) in [7, 11) is 1.34. The topological polar surface area (TPSA) is 52.3 Å². The molecular formula is C13H11BrFNO3. The van der Waals surface area contributed by atoms with Gasteiger partial charge in [0.05, 0.1) is 17.8 Å². The van der Waals surface area contributed by atoms with Crippen molar-refractivity contribution in [3.8, 4) is 11.3 Å². The Balaban J connectivity index is 2.23. The maximum Gasteiger partial charge on any atom is 0.305 e. The normalized spacial score (nSPS) is 10.5. The first-order chi connectivity index (χ1) is 9.11. The molecule has 0 bridgehead atoms. The summed E-state index contributed by atoms with van der Waals surface area (Å²) in [5.41, 5.74) is 1.48. The average Bonchev–Trinajstić information content (AvgIpc) is 2.87. The first-order valence-electron chi connectivity index (χ1n) is 5.57. The highest BCUT2D eigenvalue weighted by Crippen LogP contribution is 2.28. The van der Waals surface area contributed by atoms with E-state index in [4.69, 9.17) is 4.52 Å². The van der Waals surface area contributed by atoms with Crippen molar-refractivity contribution in [2.45, 2.75) is 12.8 Å². The minimum absolute atomic E-state index is 0.243. The number of halogens is 2. The van der Waals surface area contributed by atoms with Gasteiger partial charge >= 0.3 is 5.97 Å². The van der Waals surface area contributed by atoms with Crippen molar-refractivity contribution < 1.29 is 18.4 Å². The molecule has 0 aliphatic heterocycles.